The Hall–Kier alpha value is -1.65. The van der Waals surface area contributed by atoms with Crippen LogP contribution in [0.1, 0.15) is 26.7 Å². The molecule has 21 heavy (non-hydrogen) atoms. The van der Waals surface area contributed by atoms with Crippen LogP contribution >= 0.6 is 11.3 Å². The van der Waals surface area contributed by atoms with Gasteiger partial charge in [0.25, 0.3) is 0 Å². The van der Waals surface area contributed by atoms with Crippen LogP contribution in [0.3, 0.4) is 0 Å². The standard InChI is InChI=1S/C14H16N2O3S2/c1-9(2)21(18,19)13-8-20-7-12(13)16-6-11(5-15)14(17)10-3-4-10/h6-10,16H,3-4H2,1-2H3/b11-6-. The number of carbonyl (C=O) groups excluding carboxylic acids is 1. The van der Waals surface area contributed by atoms with Crippen LogP contribution in [-0.2, 0) is 14.6 Å². The topological polar surface area (TPSA) is 87.0 Å². The first-order valence-corrected chi connectivity index (χ1v) is 9.08. The molecule has 0 amide bonds. The van der Waals surface area contributed by atoms with Crippen molar-refractivity contribution in [3.8, 4) is 6.07 Å². The van der Waals surface area contributed by atoms with Crippen LogP contribution in [0.2, 0.25) is 0 Å². The van der Waals surface area contributed by atoms with E-state index in [0.29, 0.717) is 5.69 Å². The Morgan fingerprint density at radius 3 is 2.67 bits per heavy atom. The number of nitrogens with zero attached hydrogens (tertiary/aromatic N) is 1. The highest BCUT2D eigenvalue weighted by atomic mass is 32.2. The molecule has 7 heteroatoms. The number of hydrogen-bond acceptors (Lipinski definition) is 6. The van der Waals surface area contributed by atoms with Crippen LogP contribution in [0.4, 0.5) is 5.69 Å². The van der Waals surface area contributed by atoms with Gasteiger partial charge >= 0.3 is 0 Å². The second kappa shape index (κ2) is 6.00. The molecule has 1 aliphatic rings. The van der Waals surface area contributed by atoms with Gasteiger partial charge in [0.2, 0.25) is 0 Å². The molecule has 0 atom stereocenters. The van der Waals surface area contributed by atoms with E-state index in [1.54, 1.807) is 24.6 Å². The van der Waals surface area contributed by atoms with Crippen LogP contribution in [0.5, 0.6) is 0 Å². The van der Waals surface area contributed by atoms with Gasteiger partial charge in [-0.25, -0.2) is 8.42 Å². The van der Waals surface area contributed by atoms with Gasteiger partial charge < -0.3 is 5.32 Å². The average molecular weight is 324 g/mol. The zero-order valence-corrected chi connectivity index (χ0v) is 13.4. The van der Waals surface area contributed by atoms with Crippen molar-refractivity contribution in [1.29, 1.82) is 5.26 Å². The highest BCUT2D eigenvalue weighted by Gasteiger charge is 2.32. The van der Waals surface area contributed by atoms with Gasteiger partial charge in [-0.3, -0.25) is 4.79 Å². The van der Waals surface area contributed by atoms with Gasteiger partial charge in [-0.15, -0.1) is 11.3 Å². The summed E-state index contributed by atoms with van der Waals surface area (Å²) in [6.07, 6.45) is 2.95. The first-order valence-electron chi connectivity index (χ1n) is 6.59. The van der Waals surface area contributed by atoms with E-state index in [4.69, 9.17) is 5.26 Å². The van der Waals surface area contributed by atoms with Crippen molar-refractivity contribution in [2.75, 3.05) is 5.32 Å². The van der Waals surface area contributed by atoms with Gasteiger partial charge in [-0.05, 0) is 26.7 Å². The number of allylic oxidation sites excluding steroid dienone is 1. The summed E-state index contributed by atoms with van der Waals surface area (Å²) in [6, 6.07) is 1.87. The van der Waals surface area contributed by atoms with E-state index < -0.39 is 15.1 Å². The molecule has 0 spiro atoms. The SMILES string of the molecule is CC(C)S(=O)(=O)c1cscc1N/C=C(/C#N)C(=O)C1CC1. The van der Waals surface area contributed by atoms with Gasteiger partial charge in [-0.2, -0.15) is 5.26 Å². The summed E-state index contributed by atoms with van der Waals surface area (Å²) in [5.41, 5.74) is 0.446. The van der Waals surface area contributed by atoms with Crippen LogP contribution in [0.15, 0.2) is 27.4 Å². The van der Waals surface area contributed by atoms with Gasteiger partial charge in [0.15, 0.2) is 15.6 Å². The Bertz CT molecular complexity index is 720. The maximum atomic E-state index is 12.2. The van der Waals surface area contributed by atoms with E-state index in [-0.39, 0.29) is 22.2 Å². The molecule has 1 fully saturated rings. The van der Waals surface area contributed by atoms with E-state index >= 15 is 0 Å². The molecule has 0 unspecified atom stereocenters. The summed E-state index contributed by atoms with van der Waals surface area (Å²) < 4.78 is 24.4. The quantitative estimate of drug-likeness (QED) is 0.642. The number of sulfone groups is 1. The Balaban J connectivity index is 2.23. The van der Waals surface area contributed by atoms with E-state index in [1.165, 1.54) is 17.5 Å². The molecule has 0 aliphatic heterocycles. The fourth-order valence-corrected chi connectivity index (χ4v) is 4.10. The van der Waals surface area contributed by atoms with Gasteiger partial charge in [0.05, 0.1) is 10.9 Å². The van der Waals surface area contributed by atoms with Crippen molar-refractivity contribution in [3.63, 3.8) is 0 Å². The van der Waals surface area contributed by atoms with Crippen molar-refractivity contribution in [1.82, 2.24) is 0 Å². The lowest BCUT2D eigenvalue weighted by Gasteiger charge is -2.08. The molecule has 1 saturated carbocycles. The fraction of sp³-hybridized carbons (Fsp3) is 0.429. The number of rotatable bonds is 6. The number of thiophene rings is 1. The monoisotopic (exact) mass is 324 g/mol. The third kappa shape index (κ3) is 3.34. The minimum Gasteiger partial charge on any atom is -0.359 e. The minimum absolute atomic E-state index is 0.0385. The molecule has 1 N–H and O–H groups in total. The lowest BCUT2D eigenvalue weighted by molar-refractivity contribution is -0.116. The van der Waals surface area contributed by atoms with Crippen molar-refractivity contribution in [2.24, 2.45) is 5.92 Å². The Labute approximate surface area is 128 Å². The highest BCUT2D eigenvalue weighted by Crippen LogP contribution is 2.33. The zero-order chi connectivity index (χ0) is 15.6. The predicted molar refractivity (Wildman–Crippen MR) is 81.7 cm³/mol. The number of carbonyl (C=O) groups is 1. The summed E-state index contributed by atoms with van der Waals surface area (Å²) >= 11 is 1.26. The van der Waals surface area contributed by atoms with E-state index in [0.717, 1.165) is 12.8 Å². The second-order valence-corrected chi connectivity index (χ2v) is 8.41. The Morgan fingerprint density at radius 2 is 2.14 bits per heavy atom. The normalized spacial score (nSPS) is 15.8. The number of anilines is 1. The third-order valence-corrected chi connectivity index (χ3v) is 6.34. The summed E-state index contributed by atoms with van der Waals surface area (Å²) in [7, 11) is -3.39. The molecule has 1 aliphatic carbocycles. The average Bonchev–Trinajstić information content (AvgIpc) is 3.17. The number of hydrogen-bond donors (Lipinski definition) is 1. The van der Waals surface area contributed by atoms with Gasteiger partial charge in [0.1, 0.15) is 16.5 Å². The van der Waals surface area contributed by atoms with Crippen LogP contribution < -0.4 is 5.32 Å². The molecule has 1 aromatic heterocycles. The minimum atomic E-state index is -3.39. The largest absolute Gasteiger partial charge is 0.359 e. The van der Waals surface area contributed by atoms with Crippen LogP contribution in [0.25, 0.3) is 0 Å². The lowest BCUT2D eigenvalue weighted by Crippen LogP contribution is -2.14. The van der Waals surface area contributed by atoms with Gasteiger partial charge in [0, 0.05) is 22.9 Å². The van der Waals surface area contributed by atoms with Crippen LogP contribution in [0, 0.1) is 17.2 Å². The molecule has 1 aromatic rings. The lowest BCUT2D eigenvalue weighted by atomic mass is 10.1. The Morgan fingerprint density at radius 1 is 1.48 bits per heavy atom. The highest BCUT2D eigenvalue weighted by molar-refractivity contribution is 7.92. The molecule has 0 saturated heterocycles. The molecule has 2 rings (SSSR count). The van der Waals surface area contributed by atoms with Crippen LogP contribution in [-0.4, -0.2) is 19.5 Å². The zero-order valence-electron chi connectivity index (χ0n) is 11.8. The Kier molecular flexibility index (Phi) is 4.49. The van der Waals surface area contributed by atoms with Crippen molar-refractivity contribution >= 4 is 32.6 Å². The van der Waals surface area contributed by atoms with Crippen molar-refractivity contribution < 1.29 is 13.2 Å². The summed E-state index contributed by atoms with van der Waals surface area (Å²) in [5, 5.41) is 14.5. The number of nitriles is 1. The van der Waals surface area contributed by atoms with Crippen molar-refractivity contribution in [3.05, 3.63) is 22.5 Å². The molecule has 1 heterocycles. The molecule has 0 bridgehead atoms. The van der Waals surface area contributed by atoms with Gasteiger partial charge in [-0.1, -0.05) is 0 Å². The summed E-state index contributed by atoms with van der Waals surface area (Å²) in [4.78, 5) is 12.0. The molecular formula is C14H16N2O3S2. The van der Waals surface area contributed by atoms with E-state index in [9.17, 15) is 13.2 Å². The van der Waals surface area contributed by atoms with Crippen molar-refractivity contribution in [2.45, 2.75) is 36.8 Å². The number of ketones is 1. The smallest absolute Gasteiger partial charge is 0.183 e. The molecule has 0 aromatic carbocycles. The molecule has 5 nitrogen and oxygen atoms in total. The molecular weight excluding hydrogens is 308 g/mol. The molecule has 0 radical (unpaired) electrons. The van der Waals surface area contributed by atoms with E-state index in [1.807, 2.05) is 6.07 Å². The summed E-state index contributed by atoms with van der Waals surface area (Å²) in [6.45, 7) is 3.23. The maximum absolute atomic E-state index is 12.2. The molecule has 112 valence electrons. The first-order chi connectivity index (χ1) is 9.87. The number of nitrogens with one attached hydrogen (secondary N) is 1. The first kappa shape index (κ1) is 15.7. The van der Waals surface area contributed by atoms with E-state index in [2.05, 4.69) is 5.32 Å². The third-order valence-electron chi connectivity index (χ3n) is 3.26. The fourth-order valence-electron chi connectivity index (χ4n) is 1.74. The number of Topliss-reactive ketones (excluding diaryl/α,β-unsaturated/α-hetero) is 1. The summed E-state index contributed by atoms with van der Waals surface area (Å²) in [5.74, 6) is -0.215. The predicted octanol–water partition coefficient (Wildman–Crippen LogP) is 2.73. The second-order valence-electron chi connectivity index (χ2n) is 5.20. The maximum Gasteiger partial charge on any atom is 0.183 e.